The number of phenolic OH excluding ortho intramolecular Hbond substituents is 2. The maximum Gasteiger partial charge on any atom is 0.259 e. The van der Waals surface area contributed by atoms with Crippen molar-refractivity contribution in [2.24, 2.45) is 10.2 Å². The van der Waals surface area contributed by atoms with Gasteiger partial charge < -0.3 is 20.3 Å². The molecular formula is C28H21N3O4. The minimum absolute atomic E-state index is 0.0132. The highest BCUT2D eigenvalue weighted by Gasteiger charge is 2.19. The molecule has 0 radical (unpaired) electrons. The molecule has 172 valence electrons. The zero-order valence-electron chi connectivity index (χ0n) is 18.8. The third kappa shape index (κ3) is 4.11. The van der Waals surface area contributed by atoms with Crippen LogP contribution in [0.4, 0.5) is 17.1 Å². The van der Waals surface area contributed by atoms with Gasteiger partial charge in [0.2, 0.25) is 0 Å². The number of anilines is 1. The molecule has 0 unspecified atom stereocenters. The van der Waals surface area contributed by atoms with Crippen molar-refractivity contribution in [3.8, 4) is 17.2 Å². The molecule has 0 bridgehead atoms. The van der Waals surface area contributed by atoms with Crippen molar-refractivity contribution in [2.45, 2.75) is 0 Å². The number of para-hydroxylation sites is 2. The van der Waals surface area contributed by atoms with Crippen LogP contribution in [-0.4, -0.2) is 23.2 Å². The minimum atomic E-state index is -0.525. The number of carbonyl (C=O) groups excluding carboxylic acids is 1. The van der Waals surface area contributed by atoms with E-state index in [4.69, 9.17) is 4.74 Å². The fourth-order valence-electron chi connectivity index (χ4n) is 3.96. The van der Waals surface area contributed by atoms with E-state index < -0.39 is 5.91 Å². The van der Waals surface area contributed by atoms with Gasteiger partial charge in [0, 0.05) is 10.8 Å². The second-order valence-corrected chi connectivity index (χ2v) is 7.85. The predicted octanol–water partition coefficient (Wildman–Crippen LogP) is 7.08. The number of azo groups is 1. The fourth-order valence-corrected chi connectivity index (χ4v) is 3.96. The summed E-state index contributed by atoms with van der Waals surface area (Å²) in [5.41, 5.74) is 0.875. The molecule has 0 spiro atoms. The third-order valence-electron chi connectivity index (χ3n) is 5.73. The largest absolute Gasteiger partial charge is 0.505 e. The summed E-state index contributed by atoms with van der Waals surface area (Å²) in [7, 11) is 1.51. The second kappa shape index (κ2) is 9.15. The number of phenols is 2. The Morgan fingerprint density at radius 2 is 1.46 bits per heavy atom. The summed E-state index contributed by atoms with van der Waals surface area (Å²) in [6.45, 7) is 0. The molecule has 0 fully saturated rings. The SMILES string of the molecule is COc1ccccc1NC(=O)c1cc2ccccc2c(N=Nc2ccc3ccccc3c2O)c1O. The molecule has 0 aliphatic heterocycles. The van der Waals surface area contributed by atoms with Crippen LogP contribution >= 0.6 is 0 Å². The van der Waals surface area contributed by atoms with Gasteiger partial charge >= 0.3 is 0 Å². The second-order valence-electron chi connectivity index (χ2n) is 7.85. The van der Waals surface area contributed by atoms with Gasteiger partial charge in [0.05, 0.1) is 18.4 Å². The van der Waals surface area contributed by atoms with Gasteiger partial charge in [-0.3, -0.25) is 4.79 Å². The molecule has 0 aliphatic rings. The van der Waals surface area contributed by atoms with Crippen LogP contribution in [0.3, 0.4) is 0 Å². The fraction of sp³-hybridized carbons (Fsp3) is 0.0357. The lowest BCUT2D eigenvalue weighted by Crippen LogP contribution is -2.13. The first kappa shape index (κ1) is 21.9. The maximum atomic E-state index is 13.1. The number of benzene rings is 5. The van der Waals surface area contributed by atoms with Gasteiger partial charge in [-0.05, 0) is 35.0 Å². The number of hydrogen-bond donors (Lipinski definition) is 3. The van der Waals surface area contributed by atoms with E-state index in [0.717, 1.165) is 5.39 Å². The molecule has 5 rings (SSSR count). The number of nitrogens with zero attached hydrogens (tertiary/aromatic N) is 2. The topological polar surface area (TPSA) is 104 Å². The van der Waals surface area contributed by atoms with Crippen molar-refractivity contribution >= 4 is 44.5 Å². The Kier molecular flexibility index (Phi) is 5.73. The van der Waals surface area contributed by atoms with Crippen molar-refractivity contribution in [2.75, 3.05) is 12.4 Å². The van der Waals surface area contributed by atoms with Crippen LogP contribution in [0.1, 0.15) is 10.4 Å². The zero-order chi connectivity index (χ0) is 24.4. The van der Waals surface area contributed by atoms with Crippen molar-refractivity contribution in [1.29, 1.82) is 0 Å². The Morgan fingerprint density at radius 1 is 0.771 bits per heavy atom. The van der Waals surface area contributed by atoms with E-state index in [0.29, 0.717) is 27.6 Å². The normalized spacial score (nSPS) is 11.2. The molecule has 0 atom stereocenters. The lowest BCUT2D eigenvalue weighted by atomic mass is 10.0. The number of aromatic hydroxyl groups is 2. The maximum absolute atomic E-state index is 13.1. The van der Waals surface area contributed by atoms with Gasteiger partial charge in [-0.25, -0.2) is 0 Å². The number of rotatable bonds is 5. The number of ether oxygens (including phenoxy) is 1. The molecule has 35 heavy (non-hydrogen) atoms. The van der Waals surface area contributed by atoms with Crippen LogP contribution < -0.4 is 10.1 Å². The first-order chi connectivity index (χ1) is 17.1. The number of nitrogens with one attached hydrogen (secondary N) is 1. The zero-order valence-corrected chi connectivity index (χ0v) is 18.8. The Balaban J connectivity index is 1.59. The van der Waals surface area contributed by atoms with Gasteiger partial charge in [0.25, 0.3) is 5.91 Å². The Bertz CT molecular complexity index is 1610. The number of amides is 1. The van der Waals surface area contributed by atoms with Crippen LogP contribution in [0.25, 0.3) is 21.5 Å². The molecule has 0 saturated carbocycles. The highest BCUT2D eigenvalue weighted by Crippen LogP contribution is 2.41. The third-order valence-corrected chi connectivity index (χ3v) is 5.73. The molecule has 7 nitrogen and oxygen atoms in total. The molecule has 5 aromatic rings. The average molecular weight is 463 g/mol. The molecule has 5 aromatic carbocycles. The van der Waals surface area contributed by atoms with Crippen LogP contribution in [0.15, 0.2) is 101 Å². The van der Waals surface area contributed by atoms with Crippen molar-refractivity contribution in [1.82, 2.24) is 0 Å². The molecule has 1 amide bonds. The molecule has 0 aromatic heterocycles. The molecular weight excluding hydrogens is 442 g/mol. The summed E-state index contributed by atoms with van der Waals surface area (Å²) in [5.74, 6) is -0.364. The highest BCUT2D eigenvalue weighted by atomic mass is 16.5. The summed E-state index contributed by atoms with van der Waals surface area (Å²) in [6, 6.07) is 26.7. The van der Waals surface area contributed by atoms with Crippen molar-refractivity contribution in [3.63, 3.8) is 0 Å². The molecule has 0 aliphatic carbocycles. The Labute approximate surface area is 200 Å². The minimum Gasteiger partial charge on any atom is -0.505 e. The number of hydrogen-bond acceptors (Lipinski definition) is 6. The van der Waals surface area contributed by atoms with E-state index in [9.17, 15) is 15.0 Å². The van der Waals surface area contributed by atoms with Gasteiger partial charge in [-0.15, -0.1) is 10.2 Å². The Morgan fingerprint density at radius 3 is 2.26 bits per heavy atom. The van der Waals surface area contributed by atoms with Crippen LogP contribution in [-0.2, 0) is 0 Å². The average Bonchev–Trinajstić information content (AvgIpc) is 2.89. The molecule has 0 heterocycles. The summed E-state index contributed by atoms with van der Waals surface area (Å²) >= 11 is 0. The monoisotopic (exact) mass is 463 g/mol. The quantitative estimate of drug-likeness (QED) is 0.242. The Hall–Kier alpha value is -4.91. The lowest BCUT2D eigenvalue weighted by molar-refractivity contribution is 0.102. The first-order valence-corrected chi connectivity index (χ1v) is 10.9. The van der Waals surface area contributed by atoms with Gasteiger partial charge in [-0.1, -0.05) is 66.7 Å². The summed E-state index contributed by atoms with van der Waals surface area (Å²) in [5, 5.41) is 35.8. The number of methoxy groups -OCH3 is 1. The number of carbonyl (C=O) groups is 1. The summed E-state index contributed by atoms with van der Waals surface area (Å²) in [6.07, 6.45) is 0. The van der Waals surface area contributed by atoms with E-state index in [2.05, 4.69) is 15.5 Å². The van der Waals surface area contributed by atoms with Gasteiger partial charge in [0.15, 0.2) is 11.5 Å². The highest BCUT2D eigenvalue weighted by molar-refractivity contribution is 6.12. The van der Waals surface area contributed by atoms with Crippen LogP contribution in [0.5, 0.6) is 17.2 Å². The van der Waals surface area contributed by atoms with Crippen molar-refractivity contribution in [3.05, 3.63) is 96.6 Å². The first-order valence-electron chi connectivity index (χ1n) is 10.9. The summed E-state index contributed by atoms with van der Waals surface area (Å²) < 4.78 is 5.30. The number of fused-ring (bicyclic) bond motifs is 2. The van der Waals surface area contributed by atoms with E-state index in [-0.39, 0.29) is 28.4 Å². The molecule has 3 N–H and O–H groups in total. The van der Waals surface area contributed by atoms with Crippen LogP contribution in [0, 0.1) is 0 Å². The predicted molar refractivity (Wildman–Crippen MR) is 136 cm³/mol. The van der Waals surface area contributed by atoms with Gasteiger partial charge in [-0.2, -0.15) is 0 Å². The molecule has 7 heteroatoms. The lowest BCUT2D eigenvalue weighted by Gasteiger charge is -2.13. The van der Waals surface area contributed by atoms with Gasteiger partial charge in [0.1, 0.15) is 17.1 Å². The van der Waals surface area contributed by atoms with Crippen molar-refractivity contribution < 1.29 is 19.7 Å². The summed E-state index contributed by atoms with van der Waals surface area (Å²) in [4.78, 5) is 13.1. The standard InChI is InChI=1S/C28H21N3O4/c1-35-24-13-7-6-12-22(24)29-28(34)21-16-18-9-3-4-10-19(18)25(27(21)33)31-30-23-15-14-17-8-2-5-11-20(17)26(23)32/h2-16,32-33H,1H3,(H,29,34). The van der Waals surface area contributed by atoms with E-state index in [1.54, 1.807) is 48.5 Å². The van der Waals surface area contributed by atoms with E-state index in [1.807, 2.05) is 42.5 Å². The van der Waals surface area contributed by atoms with E-state index in [1.165, 1.54) is 7.11 Å². The van der Waals surface area contributed by atoms with E-state index >= 15 is 0 Å². The van der Waals surface area contributed by atoms with Crippen LogP contribution in [0.2, 0.25) is 0 Å². The smallest absolute Gasteiger partial charge is 0.259 e. The molecule has 0 saturated heterocycles.